The van der Waals surface area contributed by atoms with Crippen molar-refractivity contribution in [1.29, 1.82) is 0 Å². The Morgan fingerprint density at radius 2 is 1.79 bits per heavy atom. The van der Waals surface area contributed by atoms with Gasteiger partial charge in [0.2, 0.25) is 0 Å². The van der Waals surface area contributed by atoms with Gasteiger partial charge in [-0.3, -0.25) is 9.59 Å². The van der Waals surface area contributed by atoms with Crippen LogP contribution in [0.2, 0.25) is 5.02 Å². The van der Waals surface area contributed by atoms with Gasteiger partial charge in [0.15, 0.2) is 0 Å². The summed E-state index contributed by atoms with van der Waals surface area (Å²) < 4.78 is 0. The molecule has 0 unspecified atom stereocenters. The number of aliphatic carboxylic acids is 1. The number of carbonyl (C=O) groups excluding carboxylic acids is 1. The number of nitrogens with zero attached hydrogens (tertiary/aromatic N) is 1. The lowest BCUT2D eigenvalue weighted by molar-refractivity contribution is -0.141. The van der Waals surface area contributed by atoms with Gasteiger partial charge in [-0.1, -0.05) is 54.1 Å². The largest absolute Gasteiger partial charge is 0.481 e. The lowest BCUT2D eigenvalue weighted by atomic mass is 9.89. The minimum absolute atomic E-state index is 0.192. The Bertz CT molecular complexity index is 775. The first-order chi connectivity index (χ1) is 11.5. The highest BCUT2D eigenvalue weighted by molar-refractivity contribution is 6.34. The fourth-order valence-corrected chi connectivity index (χ4v) is 3.45. The van der Waals surface area contributed by atoms with E-state index in [0.29, 0.717) is 17.1 Å². The number of rotatable bonds is 3. The SMILES string of the molecule is Cc1cccc(C(=O)N2C[C@H](C(=O)O)[C@H](c3ccccc3)C2)c1Cl. The van der Waals surface area contributed by atoms with Crippen molar-refractivity contribution in [3.05, 3.63) is 70.2 Å². The van der Waals surface area contributed by atoms with Crippen LogP contribution in [0.4, 0.5) is 0 Å². The van der Waals surface area contributed by atoms with E-state index in [0.717, 1.165) is 11.1 Å². The van der Waals surface area contributed by atoms with Crippen molar-refractivity contribution in [2.45, 2.75) is 12.8 Å². The van der Waals surface area contributed by atoms with Crippen LogP contribution >= 0.6 is 11.6 Å². The topological polar surface area (TPSA) is 57.6 Å². The normalized spacial score (nSPS) is 20.2. The van der Waals surface area contributed by atoms with Crippen molar-refractivity contribution >= 4 is 23.5 Å². The van der Waals surface area contributed by atoms with Crippen molar-refractivity contribution in [2.75, 3.05) is 13.1 Å². The Hall–Kier alpha value is -2.33. The Balaban J connectivity index is 1.89. The van der Waals surface area contributed by atoms with E-state index in [2.05, 4.69) is 0 Å². The predicted octanol–water partition coefficient (Wildman–Crippen LogP) is 3.59. The summed E-state index contributed by atoms with van der Waals surface area (Å²) in [5, 5.41) is 9.98. The van der Waals surface area contributed by atoms with E-state index in [1.807, 2.05) is 43.3 Å². The Morgan fingerprint density at radius 1 is 1.08 bits per heavy atom. The van der Waals surface area contributed by atoms with E-state index in [-0.39, 0.29) is 18.4 Å². The minimum atomic E-state index is -0.880. The van der Waals surface area contributed by atoms with Crippen LogP contribution in [-0.4, -0.2) is 35.0 Å². The van der Waals surface area contributed by atoms with Gasteiger partial charge in [0.25, 0.3) is 5.91 Å². The molecule has 0 aromatic heterocycles. The highest BCUT2D eigenvalue weighted by Crippen LogP contribution is 2.34. The average molecular weight is 344 g/mol. The molecule has 2 atom stereocenters. The molecule has 124 valence electrons. The number of likely N-dealkylation sites (tertiary alicyclic amines) is 1. The highest BCUT2D eigenvalue weighted by atomic mass is 35.5. The number of carbonyl (C=O) groups is 2. The summed E-state index contributed by atoms with van der Waals surface area (Å²) in [7, 11) is 0. The van der Waals surface area contributed by atoms with Crippen molar-refractivity contribution in [3.8, 4) is 0 Å². The second kappa shape index (κ2) is 6.65. The summed E-state index contributed by atoms with van der Waals surface area (Å²) in [4.78, 5) is 26.1. The zero-order chi connectivity index (χ0) is 17.3. The molecule has 1 fully saturated rings. The lowest BCUT2D eigenvalue weighted by Crippen LogP contribution is -2.30. The van der Waals surface area contributed by atoms with Gasteiger partial charge in [0, 0.05) is 19.0 Å². The van der Waals surface area contributed by atoms with Gasteiger partial charge in [-0.05, 0) is 24.1 Å². The van der Waals surface area contributed by atoms with Crippen LogP contribution in [0, 0.1) is 12.8 Å². The van der Waals surface area contributed by atoms with Crippen molar-refractivity contribution in [1.82, 2.24) is 4.90 Å². The summed E-state index contributed by atoms with van der Waals surface area (Å²) in [6.45, 7) is 2.41. The van der Waals surface area contributed by atoms with Crippen LogP contribution in [0.5, 0.6) is 0 Å². The van der Waals surface area contributed by atoms with E-state index < -0.39 is 11.9 Å². The Labute approximate surface area is 145 Å². The van der Waals surface area contributed by atoms with Gasteiger partial charge in [0.1, 0.15) is 0 Å². The summed E-state index contributed by atoms with van der Waals surface area (Å²) in [5.41, 5.74) is 2.20. The molecule has 0 aliphatic carbocycles. The summed E-state index contributed by atoms with van der Waals surface area (Å²) in [6, 6.07) is 14.8. The van der Waals surface area contributed by atoms with Crippen molar-refractivity contribution in [2.24, 2.45) is 5.92 Å². The van der Waals surface area contributed by atoms with Gasteiger partial charge in [-0.25, -0.2) is 0 Å². The van der Waals surface area contributed by atoms with E-state index in [4.69, 9.17) is 11.6 Å². The number of carboxylic acids is 1. The summed E-state index contributed by atoms with van der Waals surface area (Å²) >= 11 is 6.26. The average Bonchev–Trinajstić information content (AvgIpc) is 3.03. The molecule has 24 heavy (non-hydrogen) atoms. The maximum atomic E-state index is 12.8. The third-order valence-electron chi connectivity index (χ3n) is 4.57. The van der Waals surface area contributed by atoms with E-state index in [9.17, 15) is 14.7 Å². The fraction of sp³-hybridized carbons (Fsp3) is 0.263. The summed E-state index contributed by atoms with van der Waals surface area (Å²) in [6.07, 6.45) is 0. The van der Waals surface area contributed by atoms with E-state index >= 15 is 0 Å². The third-order valence-corrected chi connectivity index (χ3v) is 5.08. The monoisotopic (exact) mass is 343 g/mol. The van der Waals surface area contributed by atoms with Crippen LogP contribution in [-0.2, 0) is 4.79 Å². The van der Waals surface area contributed by atoms with E-state index in [1.165, 1.54) is 0 Å². The number of hydrogen-bond acceptors (Lipinski definition) is 2. The molecule has 0 spiro atoms. The molecule has 0 radical (unpaired) electrons. The molecule has 5 heteroatoms. The van der Waals surface area contributed by atoms with Crippen LogP contribution in [0.3, 0.4) is 0 Å². The molecule has 1 saturated heterocycles. The third kappa shape index (κ3) is 3.02. The zero-order valence-electron chi connectivity index (χ0n) is 13.3. The molecule has 0 saturated carbocycles. The molecular weight excluding hydrogens is 326 g/mol. The standard InChI is InChI=1S/C19H18ClNO3/c1-12-6-5-9-14(17(12)20)18(22)21-10-15(16(11-21)19(23)24)13-7-3-2-4-8-13/h2-9,15-16H,10-11H2,1H3,(H,23,24)/t15-,16-/m0/s1. The number of hydrogen-bond donors (Lipinski definition) is 1. The number of benzene rings is 2. The van der Waals surface area contributed by atoms with Crippen LogP contribution in [0.15, 0.2) is 48.5 Å². The molecule has 1 heterocycles. The fourth-order valence-electron chi connectivity index (χ4n) is 3.24. The van der Waals surface area contributed by atoms with Crippen LogP contribution in [0.25, 0.3) is 0 Å². The van der Waals surface area contributed by atoms with Gasteiger partial charge in [0.05, 0.1) is 16.5 Å². The van der Waals surface area contributed by atoms with Gasteiger partial charge in [-0.2, -0.15) is 0 Å². The minimum Gasteiger partial charge on any atom is -0.481 e. The van der Waals surface area contributed by atoms with Crippen molar-refractivity contribution in [3.63, 3.8) is 0 Å². The molecule has 2 aromatic rings. The highest BCUT2D eigenvalue weighted by Gasteiger charge is 2.40. The summed E-state index contributed by atoms with van der Waals surface area (Å²) in [5.74, 6) is -1.92. The lowest BCUT2D eigenvalue weighted by Gasteiger charge is -2.18. The second-order valence-corrected chi connectivity index (χ2v) is 6.49. The van der Waals surface area contributed by atoms with Gasteiger partial charge >= 0.3 is 5.97 Å². The quantitative estimate of drug-likeness (QED) is 0.926. The molecule has 1 aliphatic rings. The predicted molar refractivity (Wildman–Crippen MR) is 92.4 cm³/mol. The number of amides is 1. The Morgan fingerprint density at radius 3 is 2.46 bits per heavy atom. The molecule has 1 amide bonds. The molecule has 0 bridgehead atoms. The van der Waals surface area contributed by atoms with Crippen molar-refractivity contribution < 1.29 is 14.7 Å². The maximum absolute atomic E-state index is 12.8. The molecule has 3 rings (SSSR count). The molecule has 1 aliphatic heterocycles. The zero-order valence-corrected chi connectivity index (χ0v) is 14.0. The number of carboxylic acid groups (broad SMARTS) is 1. The molecule has 4 nitrogen and oxygen atoms in total. The second-order valence-electron chi connectivity index (χ2n) is 6.11. The first kappa shape index (κ1) is 16.5. The molecular formula is C19H18ClNO3. The smallest absolute Gasteiger partial charge is 0.308 e. The first-order valence-corrected chi connectivity index (χ1v) is 8.19. The Kier molecular flexibility index (Phi) is 4.58. The van der Waals surface area contributed by atoms with Gasteiger partial charge in [-0.15, -0.1) is 0 Å². The molecule has 2 aromatic carbocycles. The van der Waals surface area contributed by atoms with Crippen LogP contribution < -0.4 is 0 Å². The van der Waals surface area contributed by atoms with Gasteiger partial charge < -0.3 is 10.0 Å². The van der Waals surface area contributed by atoms with E-state index in [1.54, 1.807) is 17.0 Å². The first-order valence-electron chi connectivity index (χ1n) is 7.81. The number of aryl methyl sites for hydroxylation is 1. The van der Waals surface area contributed by atoms with Crippen LogP contribution in [0.1, 0.15) is 27.4 Å². The number of halogens is 1. The maximum Gasteiger partial charge on any atom is 0.308 e. The molecule has 1 N–H and O–H groups in total.